The van der Waals surface area contributed by atoms with E-state index in [0.717, 1.165) is 70.9 Å². The maximum atomic E-state index is 11.5. The van der Waals surface area contributed by atoms with Crippen LogP contribution in [0.25, 0.3) is 0 Å². The molecule has 0 fully saturated rings. The maximum Gasteiger partial charge on any atom is 0.219 e. The van der Waals surface area contributed by atoms with Crippen molar-refractivity contribution in [3.8, 4) is 0 Å². The zero-order valence-electron chi connectivity index (χ0n) is 24.1. The molecule has 0 atom stereocenters. The van der Waals surface area contributed by atoms with E-state index in [0.29, 0.717) is 6.42 Å². The van der Waals surface area contributed by atoms with Crippen molar-refractivity contribution >= 4 is 11.7 Å². The van der Waals surface area contributed by atoms with Crippen LogP contribution in [0.1, 0.15) is 120 Å². The maximum absolute atomic E-state index is 11.5. The second-order valence-electron chi connectivity index (χ2n) is 10.2. The number of carbonyl (C=O) groups excluding carboxylic acids is 2. The van der Waals surface area contributed by atoms with E-state index in [1.54, 1.807) is 13.8 Å². The van der Waals surface area contributed by atoms with Crippen molar-refractivity contribution in [1.82, 2.24) is 4.90 Å². The van der Waals surface area contributed by atoms with E-state index in [1.165, 1.54) is 27.9 Å². The lowest BCUT2D eigenvalue weighted by molar-refractivity contribution is -0.128. The third kappa shape index (κ3) is 19.8. The van der Waals surface area contributed by atoms with Crippen LogP contribution in [0, 0.1) is 0 Å². The lowest BCUT2D eigenvalue weighted by atomic mass is 10.0. The van der Waals surface area contributed by atoms with Crippen molar-refractivity contribution < 1.29 is 9.59 Å². The van der Waals surface area contributed by atoms with Gasteiger partial charge in [0.15, 0.2) is 0 Å². The molecule has 3 heteroatoms. The molecule has 0 heterocycles. The van der Waals surface area contributed by atoms with Gasteiger partial charge in [0.1, 0.15) is 5.78 Å². The molecule has 3 nitrogen and oxygen atoms in total. The summed E-state index contributed by atoms with van der Waals surface area (Å²) in [7, 11) is 0. The van der Waals surface area contributed by atoms with Crippen LogP contribution in [-0.2, 0) is 9.59 Å². The molecule has 0 aliphatic carbocycles. The molecule has 35 heavy (non-hydrogen) atoms. The van der Waals surface area contributed by atoms with Gasteiger partial charge in [-0.15, -0.1) is 0 Å². The molecule has 0 bridgehead atoms. The largest absolute Gasteiger partial charge is 0.339 e. The number of ketones is 1. The molecule has 0 aromatic heterocycles. The van der Waals surface area contributed by atoms with Gasteiger partial charge in [-0.25, -0.2) is 0 Å². The summed E-state index contributed by atoms with van der Waals surface area (Å²) in [4.78, 5) is 24.4. The summed E-state index contributed by atoms with van der Waals surface area (Å²) in [6.07, 6.45) is 21.9. The van der Waals surface area contributed by atoms with Crippen molar-refractivity contribution in [2.45, 2.75) is 120 Å². The molecule has 0 aromatic carbocycles. The first-order valence-corrected chi connectivity index (χ1v) is 13.6. The molecule has 0 N–H and O–H groups in total. The highest BCUT2D eigenvalue weighted by molar-refractivity contribution is 5.75. The van der Waals surface area contributed by atoms with Gasteiger partial charge in [-0.2, -0.15) is 0 Å². The average Bonchev–Trinajstić information content (AvgIpc) is 2.77. The molecule has 0 rings (SSSR count). The molecule has 0 unspecified atom stereocenters. The summed E-state index contributed by atoms with van der Waals surface area (Å²) < 4.78 is 0. The smallest absolute Gasteiger partial charge is 0.219 e. The number of allylic oxidation sites excluding steroid dienone is 9. The molecule has 198 valence electrons. The van der Waals surface area contributed by atoms with Crippen LogP contribution in [0.3, 0.4) is 0 Å². The van der Waals surface area contributed by atoms with Crippen LogP contribution >= 0.6 is 0 Å². The molecular formula is C32H53NO2. The Bertz CT molecular complexity index is 792. The molecule has 0 saturated carbocycles. The highest BCUT2D eigenvalue weighted by Gasteiger charge is 2.05. The normalized spacial score (nSPS) is 13.9. The third-order valence-corrected chi connectivity index (χ3v) is 6.38. The van der Waals surface area contributed by atoms with Crippen molar-refractivity contribution in [1.29, 1.82) is 0 Å². The Morgan fingerprint density at radius 1 is 0.514 bits per heavy atom. The highest BCUT2D eigenvalue weighted by Crippen LogP contribution is 2.15. The van der Waals surface area contributed by atoms with Crippen LogP contribution in [0.5, 0.6) is 0 Å². The van der Waals surface area contributed by atoms with Gasteiger partial charge < -0.3 is 9.69 Å². The minimum atomic E-state index is 0.145. The minimum Gasteiger partial charge on any atom is -0.339 e. The second-order valence-corrected chi connectivity index (χ2v) is 10.2. The number of Topliss-reactive ketones (excluding diaryl/α,β-unsaturated/α-hetero) is 1. The quantitative estimate of drug-likeness (QED) is 0.182. The zero-order valence-corrected chi connectivity index (χ0v) is 24.1. The highest BCUT2D eigenvalue weighted by atomic mass is 16.2. The first kappa shape index (κ1) is 32.8. The van der Waals surface area contributed by atoms with E-state index < -0.39 is 0 Å². The second kappa shape index (κ2) is 20.1. The molecule has 0 aliphatic rings. The van der Waals surface area contributed by atoms with E-state index in [9.17, 15) is 9.59 Å². The van der Waals surface area contributed by atoms with Crippen molar-refractivity contribution in [3.63, 3.8) is 0 Å². The molecule has 0 radical (unpaired) electrons. The summed E-state index contributed by atoms with van der Waals surface area (Å²) >= 11 is 0. The van der Waals surface area contributed by atoms with Crippen molar-refractivity contribution in [3.05, 3.63) is 58.2 Å². The van der Waals surface area contributed by atoms with E-state index in [-0.39, 0.29) is 11.7 Å². The van der Waals surface area contributed by atoms with E-state index in [4.69, 9.17) is 0 Å². The summed E-state index contributed by atoms with van der Waals surface area (Å²) in [6, 6.07) is 0. The Balaban J connectivity index is 4.20. The molecular weight excluding hydrogens is 430 g/mol. The fourth-order valence-corrected chi connectivity index (χ4v) is 3.93. The fraction of sp³-hybridized carbons (Fsp3) is 0.625. The van der Waals surface area contributed by atoms with E-state index in [1.807, 2.05) is 11.8 Å². The average molecular weight is 484 g/mol. The molecule has 0 saturated heterocycles. The van der Waals surface area contributed by atoms with E-state index >= 15 is 0 Å². The van der Waals surface area contributed by atoms with Gasteiger partial charge in [-0.05, 0) is 106 Å². The predicted molar refractivity (Wildman–Crippen MR) is 154 cm³/mol. The number of carbonyl (C=O) groups is 2. The zero-order chi connectivity index (χ0) is 26.6. The number of hydrogen-bond acceptors (Lipinski definition) is 2. The summed E-state index contributed by atoms with van der Waals surface area (Å²) in [6.45, 7) is 17.8. The van der Waals surface area contributed by atoms with Crippen LogP contribution in [0.4, 0.5) is 0 Å². The number of nitrogens with zero attached hydrogens (tertiary/aromatic N) is 1. The topological polar surface area (TPSA) is 37.4 Å². The van der Waals surface area contributed by atoms with Gasteiger partial charge in [0.05, 0.1) is 0 Å². The predicted octanol–water partition coefficient (Wildman–Crippen LogP) is 9.08. The molecule has 1 amide bonds. The Kier molecular flexibility index (Phi) is 18.8. The lowest BCUT2D eigenvalue weighted by Crippen LogP contribution is -2.29. The first-order valence-electron chi connectivity index (χ1n) is 13.6. The van der Waals surface area contributed by atoms with Crippen molar-refractivity contribution in [2.75, 3.05) is 13.1 Å². The number of hydrogen-bond donors (Lipinski definition) is 0. The van der Waals surface area contributed by atoms with E-state index in [2.05, 4.69) is 65.0 Å². The number of likely N-dealkylation sites (N-methyl/N-ethyl adjacent to an activating group) is 1. The summed E-state index contributed by atoms with van der Waals surface area (Å²) in [5.41, 5.74) is 7.05. The Labute approximate surface area is 217 Å². The van der Waals surface area contributed by atoms with Crippen LogP contribution in [0.2, 0.25) is 0 Å². The molecule has 0 aliphatic heterocycles. The fourth-order valence-electron chi connectivity index (χ4n) is 3.93. The summed E-state index contributed by atoms with van der Waals surface area (Å²) in [5.74, 6) is 0.413. The third-order valence-electron chi connectivity index (χ3n) is 6.38. The van der Waals surface area contributed by atoms with Gasteiger partial charge in [0, 0.05) is 26.4 Å². The van der Waals surface area contributed by atoms with Crippen LogP contribution in [0.15, 0.2) is 58.2 Å². The van der Waals surface area contributed by atoms with Gasteiger partial charge in [-0.3, -0.25) is 4.79 Å². The minimum absolute atomic E-state index is 0.145. The SMILES string of the molecule is CCN(CC(C)=CCCC(C)=CCCC(C)=CCCC(C)=CCCC(C)=CCCC(C)=O)C(C)=O. The van der Waals surface area contributed by atoms with Crippen LogP contribution in [-0.4, -0.2) is 29.7 Å². The summed E-state index contributed by atoms with van der Waals surface area (Å²) in [5, 5.41) is 0. The van der Waals surface area contributed by atoms with Gasteiger partial charge in [0.2, 0.25) is 5.91 Å². The van der Waals surface area contributed by atoms with Gasteiger partial charge in [0.25, 0.3) is 0 Å². The first-order chi connectivity index (χ1) is 16.5. The number of amides is 1. The molecule has 0 spiro atoms. The standard InChI is InChI=1S/C32H53NO2/c1-9-33(32(8)35)25-30(6)23-13-21-28(4)19-11-17-26(2)15-10-16-27(3)18-12-20-29(5)22-14-24-31(7)34/h15,18-19,22-23H,9-14,16-17,20-21,24-25H2,1-8H3. The Hall–Kier alpha value is -2.16. The Morgan fingerprint density at radius 3 is 1.11 bits per heavy atom. The van der Waals surface area contributed by atoms with Crippen molar-refractivity contribution in [2.24, 2.45) is 0 Å². The monoisotopic (exact) mass is 483 g/mol. The van der Waals surface area contributed by atoms with Crippen LogP contribution < -0.4 is 0 Å². The van der Waals surface area contributed by atoms with Gasteiger partial charge >= 0.3 is 0 Å². The molecule has 0 aromatic rings. The Morgan fingerprint density at radius 2 is 0.829 bits per heavy atom. The lowest BCUT2D eigenvalue weighted by Gasteiger charge is -2.19. The van der Waals surface area contributed by atoms with Gasteiger partial charge in [-0.1, -0.05) is 58.2 Å². The number of rotatable bonds is 18.